The van der Waals surface area contributed by atoms with E-state index in [1.165, 1.54) is 17.9 Å². The summed E-state index contributed by atoms with van der Waals surface area (Å²) >= 11 is 0. The molecule has 0 aromatic heterocycles. The summed E-state index contributed by atoms with van der Waals surface area (Å²) in [6, 6.07) is -0.285. The number of hydrogen-bond acceptors (Lipinski definition) is 3. The summed E-state index contributed by atoms with van der Waals surface area (Å²) in [4.78, 5) is 24.1. The zero-order chi connectivity index (χ0) is 10.6. The summed E-state index contributed by atoms with van der Waals surface area (Å²) in [6.45, 7) is 5.76. The average molecular weight is 197 g/mol. The van der Waals surface area contributed by atoms with E-state index in [0.717, 1.165) is 12.8 Å². The minimum atomic E-state index is -0.414. The van der Waals surface area contributed by atoms with Gasteiger partial charge in [0.2, 0.25) is 0 Å². The molecule has 0 aliphatic carbocycles. The summed E-state index contributed by atoms with van der Waals surface area (Å²) in [5, 5.41) is 0. The Hall–Kier alpha value is -1.32. The number of ketones is 1. The summed E-state index contributed by atoms with van der Waals surface area (Å²) in [7, 11) is 0. The van der Waals surface area contributed by atoms with Gasteiger partial charge in [0, 0.05) is 6.54 Å². The molecule has 1 atom stereocenters. The first-order valence-electron chi connectivity index (χ1n) is 4.71. The van der Waals surface area contributed by atoms with Gasteiger partial charge in [0.15, 0.2) is 5.78 Å². The predicted molar refractivity (Wildman–Crippen MR) is 52.0 cm³/mol. The molecule has 0 aromatic rings. The van der Waals surface area contributed by atoms with Crippen LogP contribution in [0.5, 0.6) is 0 Å². The largest absolute Gasteiger partial charge is 0.445 e. The maximum atomic E-state index is 11.4. The number of carbonyl (C=O) groups is 2. The number of nitrogens with zero attached hydrogens (tertiary/aromatic N) is 1. The Morgan fingerprint density at radius 2 is 2.36 bits per heavy atom. The van der Waals surface area contributed by atoms with Crippen LogP contribution in [0.25, 0.3) is 0 Å². The SMILES string of the molecule is C=CCOC(=O)N1CCC[C@H]1C(C)=O. The van der Waals surface area contributed by atoms with Crippen LogP contribution >= 0.6 is 0 Å². The topological polar surface area (TPSA) is 46.6 Å². The fourth-order valence-electron chi connectivity index (χ4n) is 1.62. The number of amides is 1. The van der Waals surface area contributed by atoms with Crippen molar-refractivity contribution < 1.29 is 14.3 Å². The average Bonchev–Trinajstić information content (AvgIpc) is 2.62. The highest BCUT2D eigenvalue weighted by atomic mass is 16.6. The smallest absolute Gasteiger partial charge is 0.410 e. The summed E-state index contributed by atoms with van der Waals surface area (Å²) in [5.74, 6) is 0.0260. The van der Waals surface area contributed by atoms with E-state index in [4.69, 9.17) is 4.74 Å². The normalized spacial score (nSPS) is 20.6. The van der Waals surface area contributed by atoms with E-state index >= 15 is 0 Å². The number of Topliss-reactive ketones (excluding diaryl/α,β-unsaturated/α-hetero) is 1. The van der Waals surface area contributed by atoms with Gasteiger partial charge in [-0.1, -0.05) is 12.7 Å². The van der Waals surface area contributed by atoms with Gasteiger partial charge in [-0.15, -0.1) is 0 Å². The molecule has 1 amide bonds. The Labute approximate surface area is 83.5 Å². The number of hydrogen-bond donors (Lipinski definition) is 0. The Morgan fingerprint density at radius 3 is 2.93 bits per heavy atom. The van der Waals surface area contributed by atoms with Crippen molar-refractivity contribution in [1.82, 2.24) is 4.90 Å². The lowest BCUT2D eigenvalue weighted by Crippen LogP contribution is -2.39. The van der Waals surface area contributed by atoms with Gasteiger partial charge in [0.05, 0.1) is 6.04 Å². The van der Waals surface area contributed by atoms with Gasteiger partial charge in [-0.25, -0.2) is 4.79 Å². The van der Waals surface area contributed by atoms with Gasteiger partial charge in [0.25, 0.3) is 0 Å². The van der Waals surface area contributed by atoms with Gasteiger partial charge >= 0.3 is 6.09 Å². The van der Waals surface area contributed by atoms with E-state index in [1.54, 1.807) is 0 Å². The lowest BCUT2D eigenvalue weighted by Gasteiger charge is -2.21. The molecule has 0 N–H and O–H groups in total. The summed E-state index contributed by atoms with van der Waals surface area (Å²) < 4.78 is 4.87. The Morgan fingerprint density at radius 1 is 1.64 bits per heavy atom. The van der Waals surface area contributed by atoms with Crippen LogP contribution < -0.4 is 0 Å². The van der Waals surface area contributed by atoms with Crippen molar-refractivity contribution in [3.05, 3.63) is 12.7 Å². The van der Waals surface area contributed by atoms with E-state index in [9.17, 15) is 9.59 Å². The van der Waals surface area contributed by atoms with Crippen LogP contribution in [-0.2, 0) is 9.53 Å². The van der Waals surface area contributed by atoms with Gasteiger partial charge in [0.1, 0.15) is 6.61 Å². The molecule has 0 saturated carbocycles. The van der Waals surface area contributed by atoms with Crippen LogP contribution in [0.1, 0.15) is 19.8 Å². The van der Waals surface area contributed by atoms with Crippen molar-refractivity contribution in [1.29, 1.82) is 0 Å². The van der Waals surface area contributed by atoms with Gasteiger partial charge in [-0.05, 0) is 19.8 Å². The van der Waals surface area contributed by atoms with E-state index in [1.807, 2.05) is 0 Å². The van der Waals surface area contributed by atoms with Crippen LogP contribution in [-0.4, -0.2) is 36.0 Å². The van der Waals surface area contributed by atoms with Crippen LogP contribution in [0.4, 0.5) is 4.79 Å². The van der Waals surface area contributed by atoms with Crippen LogP contribution in [0.2, 0.25) is 0 Å². The minimum Gasteiger partial charge on any atom is -0.445 e. The molecule has 0 unspecified atom stereocenters. The number of rotatable bonds is 3. The highest BCUT2D eigenvalue weighted by Gasteiger charge is 2.32. The highest BCUT2D eigenvalue weighted by Crippen LogP contribution is 2.18. The zero-order valence-corrected chi connectivity index (χ0v) is 8.36. The quantitative estimate of drug-likeness (QED) is 0.642. The maximum absolute atomic E-state index is 11.4. The van der Waals surface area contributed by atoms with E-state index in [0.29, 0.717) is 6.54 Å². The monoisotopic (exact) mass is 197 g/mol. The molecule has 1 aliphatic rings. The Balaban J connectivity index is 2.53. The van der Waals surface area contributed by atoms with Crippen molar-refractivity contribution >= 4 is 11.9 Å². The third kappa shape index (κ3) is 2.34. The second kappa shape index (κ2) is 4.79. The molecule has 1 aliphatic heterocycles. The van der Waals surface area contributed by atoms with E-state index in [2.05, 4.69) is 6.58 Å². The Kier molecular flexibility index (Phi) is 3.68. The summed E-state index contributed by atoms with van der Waals surface area (Å²) in [6.07, 6.45) is 2.71. The number of ether oxygens (including phenoxy) is 1. The maximum Gasteiger partial charge on any atom is 0.410 e. The molecule has 0 aromatic carbocycles. The van der Waals surface area contributed by atoms with Crippen molar-refractivity contribution in [3.8, 4) is 0 Å². The van der Waals surface area contributed by atoms with Gasteiger partial charge in [-0.2, -0.15) is 0 Å². The first-order valence-corrected chi connectivity index (χ1v) is 4.71. The molecular weight excluding hydrogens is 182 g/mol. The fourth-order valence-corrected chi connectivity index (χ4v) is 1.62. The second-order valence-corrected chi connectivity index (χ2v) is 3.33. The molecule has 78 valence electrons. The Bertz CT molecular complexity index is 250. The van der Waals surface area contributed by atoms with Crippen LogP contribution in [0.15, 0.2) is 12.7 Å². The standard InChI is InChI=1S/C10H15NO3/c1-3-7-14-10(13)11-6-4-5-9(11)8(2)12/h3,9H,1,4-7H2,2H3/t9-/m0/s1. The number of likely N-dealkylation sites (tertiary alicyclic amines) is 1. The van der Waals surface area contributed by atoms with Crippen molar-refractivity contribution in [2.24, 2.45) is 0 Å². The first kappa shape index (κ1) is 10.8. The van der Waals surface area contributed by atoms with Crippen molar-refractivity contribution in [2.45, 2.75) is 25.8 Å². The van der Waals surface area contributed by atoms with Gasteiger partial charge < -0.3 is 4.74 Å². The lowest BCUT2D eigenvalue weighted by molar-refractivity contribution is -0.120. The lowest BCUT2D eigenvalue weighted by atomic mass is 10.1. The molecule has 0 radical (unpaired) electrons. The molecule has 1 saturated heterocycles. The highest BCUT2D eigenvalue weighted by molar-refractivity contribution is 5.85. The van der Waals surface area contributed by atoms with E-state index < -0.39 is 6.09 Å². The third-order valence-electron chi connectivity index (χ3n) is 2.28. The molecule has 4 heteroatoms. The molecular formula is C10H15NO3. The molecule has 0 spiro atoms. The molecule has 1 rings (SSSR count). The fraction of sp³-hybridized carbons (Fsp3) is 0.600. The predicted octanol–water partition coefficient (Wildman–Crippen LogP) is 1.36. The van der Waals surface area contributed by atoms with Crippen molar-refractivity contribution in [2.75, 3.05) is 13.2 Å². The third-order valence-corrected chi connectivity index (χ3v) is 2.28. The van der Waals surface area contributed by atoms with Crippen LogP contribution in [0.3, 0.4) is 0 Å². The molecule has 4 nitrogen and oxygen atoms in total. The molecule has 14 heavy (non-hydrogen) atoms. The van der Waals surface area contributed by atoms with E-state index in [-0.39, 0.29) is 18.4 Å². The summed E-state index contributed by atoms with van der Waals surface area (Å²) in [5.41, 5.74) is 0. The van der Waals surface area contributed by atoms with Crippen molar-refractivity contribution in [3.63, 3.8) is 0 Å². The van der Waals surface area contributed by atoms with Gasteiger partial charge in [-0.3, -0.25) is 9.69 Å². The second-order valence-electron chi connectivity index (χ2n) is 3.33. The van der Waals surface area contributed by atoms with Crippen LogP contribution in [0, 0.1) is 0 Å². The number of carbonyl (C=O) groups excluding carboxylic acids is 2. The zero-order valence-electron chi connectivity index (χ0n) is 8.36. The molecule has 1 heterocycles. The first-order chi connectivity index (χ1) is 6.66. The molecule has 1 fully saturated rings. The molecule has 0 bridgehead atoms. The minimum absolute atomic E-state index is 0.0260.